The number of aromatic nitrogens is 2. The normalized spacial score (nSPS) is 10.5. The monoisotopic (exact) mass is 248 g/mol. The number of hydrogen-bond donors (Lipinski definition) is 2. The van der Waals surface area contributed by atoms with Crippen LogP contribution in [0.3, 0.4) is 0 Å². The van der Waals surface area contributed by atoms with Gasteiger partial charge in [-0.25, -0.2) is 4.98 Å². The average molecular weight is 248 g/mol. The van der Waals surface area contributed by atoms with E-state index < -0.39 is 0 Å². The molecule has 1 aromatic heterocycles. The summed E-state index contributed by atoms with van der Waals surface area (Å²) in [6.45, 7) is 2.73. The summed E-state index contributed by atoms with van der Waals surface area (Å²) >= 11 is 1.39. The molecule has 2 rings (SSSR count). The minimum absolute atomic E-state index is 0.684. The van der Waals surface area contributed by atoms with Gasteiger partial charge in [-0.2, -0.15) is 4.37 Å². The predicted molar refractivity (Wildman–Crippen MR) is 71.8 cm³/mol. The molecule has 0 bridgehead atoms. The molecule has 17 heavy (non-hydrogen) atoms. The number of anilines is 2. The summed E-state index contributed by atoms with van der Waals surface area (Å²) in [5.74, 6) is 0.886. The molecule has 4 nitrogen and oxygen atoms in total. The van der Waals surface area contributed by atoms with Crippen molar-refractivity contribution in [2.75, 3.05) is 11.9 Å². The zero-order chi connectivity index (χ0) is 12.1. The van der Waals surface area contributed by atoms with Crippen LogP contribution < -0.4 is 11.1 Å². The molecule has 0 aliphatic heterocycles. The zero-order valence-corrected chi connectivity index (χ0v) is 10.6. The van der Waals surface area contributed by atoms with Gasteiger partial charge in [0.25, 0.3) is 0 Å². The topological polar surface area (TPSA) is 63.8 Å². The molecule has 0 amide bonds. The Morgan fingerprint density at radius 2 is 2.06 bits per heavy atom. The van der Waals surface area contributed by atoms with Gasteiger partial charge in [0.2, 0.25) is 5.13 Å². The predicted octanol–water partition coefficient (Wildman–Crippen LogP) is 2.35. The van der Waals surface area contributed by atoms with E-state index >= 15 is 0 Å². The van der Waals surface area contributed by atoms with Crippen LogP contribution in [0.25, 0.3) is 0 Å². The van der Waals surface area contributed by atoms with Crippen molar-refractivity contribution in [3.05, 3.63) is 35.7 Å². The molecule has 0 fully saturated rings. The lowest BCUT2D eigenvalue weighted by Crippen LogP contribution is -2.02. The van der Waals surface area contributed by atoms with Crippen LogP contribution in [-0.4, -0.2) is 15.9 Å². The van der Waals surface area contributed by atoms with Gasteiger partial charge in [0.1, 0.15) is 5.82 Å². The lowest BCUT2D eigenvalue weighted by Gasteiger charge is -2.03. The number of nitrogens with zero attached hydrogens (tertiary/aromatic N) is 2. The van der Waals surface area contributed by atoms with Crippen LogP contribution in [0.1, 0.15) is 18.3 Å². The maximum absolute atomic E-state index is 5.51. The first-order chi connectivity index (χ1) is 8.31. The second-order valence-corrected chi connectivity index (χ2v) is 4.48. The van der Waals surface area contributed by atoms with Crippen LogP contribution >= 0.6 is 11.5 Å². The van der Waals surface area contributed by atoms with Crippen LogP contribution in [0.15, 0.2) is 24.3 Å². The van der Waals surface area contributed by atoms with Crippen molar-refractivity contribution >= 4 is 22.4 Å². The van der Waals surface area contributed by atoms with Gasteiger partial charge in [-0.3, -0.25) is 0 Å². The number of benzene rings is 1. The minimum Gasteiger partial charge on any atom is -0.330 e. The number of rotatable bonds is 5. The highest BCUT2D eigenvalue weighted by atomic mass is 32.1. The third-order valence-corrected chi connectivity index (χ3v) is 3.09. The van der Waals surface area contributed by atoms with Crippen molar-refractivity contribution in [2.24, 2.45) is 5.73 Å². The maximum atomic E-state index is 5.51. The van der Waals surface area contributed by atoms with Crippen LogP contribution in [-0.2, 0) is 12.8 Å². The second-order valence-electron chi connectivity index (χ2n) is 3.73. The number of hydrogen-bond acceptors (Lipinski definition) is 5. The van der Waals surface area contributed by atoms with E-state index in [-0.39, 0.29) is 0 Å². The van der Waals surface area contributed by atoms with Crippen LogP contribution in [0.2, 0.25) is 0 Å². The molecule has 0 saturated carbocycles. The first-order valence-corrected chi connectivity index (χ1v) is 6.47. The standard InChI is InChI=1S/C12H16N4S/c1-2-11-15-12(17-16-11)14-10-5-3-9(4-6-10)7-8-13/h3-6H,2,7-8,13H2,1H3,(H,14,15,16). The fourth-order valence-electron chi connectivity index (χ4n) is 1.49. The fraction of sp³-hybridized carbons (Fsp3) is 0.333. The summed E-state index contributed by atoms with van der Waals surface area (Å²) in [4.78, 5) is 4.36. The molecule has 0 aliphatic carbocycles. The Balaban J connectivity index is 2.03. The van der Waals surface area contributed by atoms with E-state index in [4.69, 9.17) is 5.73 Å². The van der Waals surface area contributed by atoms with Crippen molar-refractivity contribution in [3.63, 3.8) is 0 Å². The first-order valence-electron chi connectivity index (χ1n) is 5.70. The molecule has 0 spiro atoms. The molecule has 0 radical (unpaired) electrons. The Bertz CT molecular complexity index is 464. The number of nitrogens with two attached hydrogens (primary N) is 1. The highest BCUT2D eigenvalue weighted by Crippen LogP contribution is 2.19. The highest BCUT2D eigenvalue weighted by Gasteiger charge is 2.02. The third-order valence-electron chi connectivity index (χ3n) is 2.42. The van der Waals surface area contributed by atoms with Crippen molar-refractivity contribution in [3.8, 4) is 0 Å². The maximum Gasteiger partial charge on any atom is 0.207 e. The summed E-state index contributed by atoms with van der Waals surface area (Å²) < 4.78 is 4.23. The first kappa shape index (κ1) is 12.0. The van der Waals surface area contributed by atoms with Crippen molar-refractivity contribution in [2.45, 2.75) is 19.8 Å². The zero-order valence-electron chi connectivity index (χ0n) is 9.81. The van der Waals surface area contributed by atoms with E-state index in [0.29, 0.717) is 6.54 Å². The molecule has 3 N–H and O–H groups in total. The smallest absolute Gasteiger partial charge is 0.207 e. The van der Waals surface area contributed by atoms with E-state index in [9.17, 15) is 0 Å². The molecular formula is C12H16N4S. The third kappa shape index (κ3) is 3.25. The summed E-state index contributed by atoms with van der Waals surface area (Å²) in [6, 6.07) is 8.24. The van der Waals surface area contributed by atoms with Crippen molar-refractivity contribution in [1.82, 2.24) is 9.36 Å². The van der Waals surface area contributed by atoms with Crippen LogP contribution in [0, 0.1) is 0 Å². The molecule has 90 valence electrons. The summed E-state index contributed by atoms with van der Waals surface area (Å²) in [6.07, 6.45) is 1.78. The van der Waals surface area contributed by atoms with E-state index in [2.05, 4.69) is 26.8 Å². The van der Waals surface area contributed by atoms with E-state index in [1.165, 1.54) is 17.1 Å². The average Bonchev–Trinajstić information content (AvgIpc) is 2.80. The molecule has 0 atom stereocenters. The molecule has 0 saturated heterocycles. The van der Waals surface area contributed by atoms with Gasteiger partial charge in [0, 0.05) is 23.6 Å². The van der Waals surface area contributed by atoms with Crippen LogP contribution in [0.4, 0.5) is 10.8 Å². The van der Waals surface area contributed by atoms with Gasteiger partial charge >= 0.3 is 0 Å². The highest BCUT2D eigenvalue weighted by molar-refractivity contribution is 7.09. The number of nitrogens with one attached hydrogen (secondary N) is 1. The SMILES string of the molecule is CCc1nsc(Nc2ccc(CCN)cc2)n1. The van der Waals surface area contributed by atoms with E-state index in [1.807, 2.05) is 19.1 Å². The Morgan fingerprint density at radius 3 is 2.65 bits per heavy atom. The fourth-order valence-corrected chi connectivity index (χ4v) is 2.16. The quantitative estimate of drug-likeness (QED) is 0.852. The Kier molecular flexibility index (Phi) is 4.06. The summed E-state index contributed by atoms with van der Waals surface area (Å²) in [5, 5.41) is 4.08. The van der Waals surface area contributed by atoms with Crippen molar-refractivity contribution in [1.29, 1.82) is 0 Å². The van der Waals surface area contributed by atoms with Gasteiger partial charge in [-0.15, -0.1) is 0 Å². The van der Waals surface area contributed by atoms with Gasteiger partial charge in [-0.1, -0.05) is 19.1 Å². The molecular weight excluding hydrogens is 232 g/mol. The molecule has 0 unspecified atom stereocenters. The van der Waals surface area contributed by atoms with Gasteiger partial charge in [0.15, 0.2) is 0 Å². The Morgan fingerprint density at radius 1 is 1.29 bits per heavy atom. The van der Waals surface area contributed by atoms with Crippen molar-refractivity contribution < 1.29 is 0 Å². The molecule has 5 heteroatoms. The Hall–Kier alpha value is -1.46. The summed E-state index contributed by atoms with van der Waals surface area (Å²) in [7, 11) is 0. The Labute approximate surface area is 105 Å². The summed E-state index contributed by atoms with van der Waals surface area (Å²) in [5.41, 5.74) is 7.79. The van der Waals surface area contributed by atoms with Gasteiger partial charge in [0.05, 0.1) is 0 Å². The number of aryl methyl sites for hydroxylation is 1. The molecule has 1 aromatic carbocycles. The lowest BCUT2D eigenvalue weighted by molar-refractivity contribution is 0.969. The van der Waals surface area contributed by atoms with E-state index in [1.54, 1.807) is 0 Å². The van der Waals surface area contributed by atoms with E-state index in [0.717, 1.165) is 29.5 Å². The lowest BCUT2D eigenvalue weighted by atomic mass is 10.1. The molecule has 0 aliphatic rings. The minimum atomic E-state index is 0.684. The van der Waals surface area contributed by atoms with Crippen LogP contribution in [0.5, 0.6) is 0 Å². The van der Waals surface area contributed by atoms with Gasteiger partial charge < -0.3 is 11.1 Å². The largest absolute Gasteiger partial charge is 0.330 e. The molecule has 1 heterocycles. The molecule has 2 aromatic rings. The van der Waals surface area contributed by atoms with Gasteiger partial charge in [-0.05, 0) is 30.7 Å². The second kappa shape index (κ2) is 5.75.